The van der Waals surface area contributed by atoms with E-state index in [0.717, 1.165) is 5.69 Å². The number of methoxy groups -OCH3 is 1. The van der Waals surface area contributed by atoms with E-state index in [1.807, 2.05) is 42.5 Å². The fourth-order valence-electron chi connectivity index (χ4n) is 2.69. The van der Waals surface area contributed by atoms with E-state index in [4.69, 9.17) is 4.74 Å². The lowest BCUT2D eigenvalue weighted by Gasteiger charge is -2.18. The Bertz CT molecular complexity index is 733. The Kier molecular flexibility index (Phi) is 4.65. The second-order valence-corrected chi connectivity index (χ2v) is 5.44. The van der Waals surface area contributed by atoms with Gasteiger partial charge in [0.05, 0.1) is 12.8 Å². The monoisotopic (exact) mass is 325 g/mol. The summed E-state index contributed by atoms with van der Waals surface area (Å²) in [5.41, 5.74) is 1.44. The highest BCUT2D eigenvalue weighted by molar-refractivity contribution is 5.99. The third kappa shape index (κ3) is 3.32. The number of anilines is 2. The maximum absolute atomic E-state index is 12.5. The van der Waals surface area contributed by atoms with Crippen LogP contribution in [0.5, 0.6) is 5.75 Å². The van der Waals surface area contributed by atoms with Crippen LogP contribution in [0.2, 0.25) is 0 Å². The molecule has 1 heterocycles. The van der Waals surface area contributed by atoms with Gasteiger partial charge in [-0.05, 0) is 24.3 Å². The van der Waals surface area contributed by atoms with Gasteiger partial charge in [0.1, 0.15) is 12.3 Å². The number of benzene rings is 2. The lowest BCUT2D eigenvalue weighted by Crippen LogP contribution is -2.37. The molecule has 0 aliphatic carbocycles. The molecule has 0 saturated carbocycles. The third-order valence-corrected chi connectivity index (χ3v) is 3.88. The fraction of sp³-hybridized carbons (Fsp3) is 0.222. The van der Waals surface area contributed by atoms with Crippen LogP contribution in [0.25, 0.3) is 0 Å². The van der Waals surface area contributed by atoms with Gasteiger partial charge in [0.2, 0.25) is 5.91 Å². The normalized spacial score (nSPS) is 14.0. The molecular weight excluding hydrogens is 306 g/mol. The van der Waals surface area contributed by atoms with Crippen LogP contribution in [0.3, 0.4) is 0 Å². The Labute approximate surface area is 140 Å². The van der Waals surface area contributed by atoms with E-state index in [2.05, 4.69) is 5.32 Å². The van der Waals surface area contributed by atoms with Crippen LogP contribution < -0.4 is 15.0 Å². The van der Waals surface area contributed by atoms with E-state index in [9.17, 15) is 9.59 Å². The summed E-state index contributed by atoms with van der Waals surface area (Å²) in [7, 11) is 1.55. The summed E-state index contributed by atoms with van der Waals surface area (Å²) >= 11 is 0. The number of carbonyl (C=O) groups is 2. The Balaban J connectivity index is 1.62. The summed E-state index contributed by atoms with van der Waals surface area (Å²) in [5.74, 6) is 0.340. The standard InChI is InChI=1S/C18H19N3O3/c1-24-16-10-6-5-9-15(16)19-17(22)13-20-11-12-21(18(20)23)14-7-3-2-4-8-14/h2-10H,11-13H2,1H3,(H,19,22). The van der Waals surface area contributed by atoms with Crippen LogP contribution in [0, 0.1) is 0 Å². The summed E-state index contributed by atoms with van der Waals surface area (Å²) < 4.78 is 5.21. The van der Waals surface area contributed by atoms with E-state index < -0.39 is 0 Å². The first kappa shape index (κ1) is 15.9. The lowest BCUT2D eigenvalue weighted by molar-refractivity contribution is -0.116. The zero-order valence-electron chi connectivity index (χ0n) is 13.4. The predicted octanol–water partition coefficient (Wildman–Crippen LogP) is 2.58. The molecule has 0 aromatic heterocycles. The first-order valence-corrected chi connectivity index (χ1v) is 7.73. The minimum Gasteiger partial charge on any atom is -0.495 e. The molecule has 1 aliphatic rings. The summed E-state index contributed by atoms with van der Waals surface area (Å²) in [6, 6.07) is 16.5. The first-order valence-electron chi connectivity index (χ1n) is 7.73. The van der Waals surface area contributed by atoms with E-state index in [0.29, 0.717) is 24.5 Å². The molecule has 0 bridgehead atoms. The van der Waals surface area contributed by atoms with Crippen molar-refractivity contribution in [3.8, 4) is 5.75 Å². The summed E-state index contributed by atoms with van der Waals surface area (Å²) in [6.45, 7) is 1.11. The van der Waals surface area contributed by atoms with Crippen LogP contribution in [-0.4, -0.2) is 43.6 Å². The molecule has 2 aromatic carbocycles. The molecule has 1 fully saturated rings. The van der Waals surface area contributed by atoms with Gasteiger partial charge < -0.3 is 15.0 Å². The van der Waals surface area contributed by atoms with Gasteiger partial charge in [0.15, 0.2) is 0 Å². The highest BCUT2D eigenvalue weighted by atomic mass is 16.5. The van der Waals surface area contributed by atoms with Gasteiger partial charge in [-0.15, -0.1) is 0 Å². The maximum Gasteiger partial charge on any atom is 0.325 e. The topological polar surface area (TPSA) is 61.9 Å². The number of hydrogen-bond acceptors (Lipinski definition) is 3. The Morgan fingerprint density at radius 1 is 1.08 bits per heavy atom. The largest absolute Gasteiger partial charge is 0.495 e. The first-order chi connectivity index (χ1) is 11.7. The van der Waals surface area contributed by atoms with Crippen molar-refractivity contribution in [2.24, 2.45) is 0 Å². The zero-order chi connectivity index (χ0) is 16.9. The smallest absolute Gasteiger partial charge is 0.325 e. The molecule has 6 heteroatoms. The van der Waals surface area contributed by atoms with Gasteiger partial charge in [-0.25, -0.2) is 4.79 Å². The molecule has 0 spiro atoms. The molecule has 0 atom stereocenters. The minimum atomic E-state index is -0.247. The summed E-state index contributed by atoms with van der Waals surface area (Å²) in [5, 5.41) is 2.79. The molecule has 6 nitrogen and oxygen atoms in total. The Morgan fingerprint density at radius 2 is 1.79 bits per heavy atom. The van der Waals surface area contributed by atoms with Gasteiger partial charge in [-0.2, -0.15) is 0 Å². The van der Waals surface area contributed by atoms with E-state index in [1.54, 1.807) is 24.1 Å². The molecule has 24 heavy (non-hydrogen) atoms. The van der Waals surface area contributed by atoms with Crippen molar-refractivity contribution in [3.05, 3.63) is 54.6 Å². The van der Waals surface area contributed by atoms with Gasteiger partial charge in [0, 0.05) is 18.8 Å². The van der Waals surface area contributed by atoms with E-state index in [-0.39, 0.29) is 18.5 Å². The summed E-state index contributed by atoms with van der Waals surface area (Å²) in [4.78, 5) is 27.9. The lowest BCUT2D eigenvalue weighted by atomic mass is 10.3. The predicted molar refractivity (Wildman–Crippen MR) is 92.4 cm³/mol. The summed E-state index contributed by atoms with van der Waals surface area (Å²) in [6.07, 6.45) is 0. The number of para-hydroxylation sites is 3. The number of nitrogens with one attached hydrogen (secondary N) is 1. The quantitative estimate of drug-likeness (QED) is 0.919. The second kappa shape index (κ2) is 7.04. The number of rotatable bonds is 5. The maximum atomic E-state index is 12.5. The minimum absolute atomic E-state index is 0.0141. The molecular formula is C18H19N3O3. The Morgan fingerprint density at radius 3 is 2.54 bits per heavy atom. The van der Waals surface area contributed by atoms with Crippen molar-refractivity contribution in [3.63, 3.8) is 0 Å². The fourth-order valence-corrected chi connectivity index (χ4v) is 2.69. The number of amides is 3. The molecule has 3 amide bonds. The van der Waals surface area contributed by atoms with Crippen molar-refractivity contribution in [1.29, 1.82) is 0 Å². The average molecular weight is 325 g/mol. The van der Waals surface area contributed by atoms with E-state index >= 15 is 0 Å². The molecule has 0 unspecified atom stereocenters. The molecule has 1 aliphatic heterocycles. The van der Waals surface area contributed by atoms with Crippen LogP contribution in [0.15, 0.2) is 54.6 Å². The van der Waals surface area contributed by atoms with Crippen molar-refractivity contribution < 1.29 is 14.3 Å². The zero-order valence-corrected chi connectivity index (χ0v) is 13.4. The molecule has 124 valence electrons. The number of ether oxygens (including phenoxy) is 1. The van der Waals surface area contributed by atoms with Crippen LogP contribution in [0.1, 0.15) is 0 Å². The molecule has 3 rings (SSSR count). The van der Waals surface area contributed by atoms with Crippen LogP contribution in [-0.2, 0) is 4.79 Å². The highest BCUT2D eigenvalue weighted by Gasteiger charge is 2.30. The van der Waals surface area contributed by atoms with Crippen molar-refractivity contribution in [2.75, 3.05) is 37.0 Å². The Hall–Kier alpha value is -3.02. The third-order valence-electron chi connectivity index (χ3n) is 3.88. The van der Waals surface area contributed by atoms with Crippen LogP contribution >= 0.6 is 0 Å². The number of urea groups is 1. The van der Waals surface area contributed by atoms with Crippen molar-refractivity contribution in [2.45, 2.75) is 0 Å². The van der Waals surface area contributed by atoms with Gasteiger partial charge in [0.25, 0.3) is 0 Å². The highest BCUT2D eigenvalue weighted by Crippen LogP contribution is 2.23. The molecule has 0 radical (unpaired) electrons. The number of nitrogens with zero attached hydrogens (tertiary/aromatic N) is 2. The second-order valence-electron chi connectivity index (χ2n) is 5.44. The van der Waals surface area contributed by atoms with Crippen molar-refractivity contribution >= 4 is 23.3 Å². The number of hydrogen-bond donors (Lipinski definition) is 1. The van der Waals surface area contributed by atoms with Gasteiger partial charge >= 0.3 is 6.03 Å². The number of carbonyl (C=O) groups excluding carboxylic acids is 2. The average Bonchev–Trinajstić information content (AvgIpc) is 2.97. The SMILES string of the molecule is COc1ccccc1NC(=O)CN1CCN(c2ccccc2)C1=O. The van der Waals surface area contributed by atoms with Crippen molar-refractivity contribution in [1.82, 2.24) is 4.90 Å². The molecule has 1 saturated heterocycles. The molecule has 2 aromatic rings. The van der Waals surface area contributed by atoms with E-state index in [1.165, 1.54) is 4.90 Å². The van der Waals surface area contributed by atoms with Gasteiger partial charge in [-0.3, -0.25) is 9.69 Å². The van der Waals surface area contributed by atoms with Crippen LogP contribution in [0.4, 0.5) is 16.2 Å². The molecule has 1 N–H and O–H groups in total. The van der Waals surface area contributed by atoms with Gasteiger partial charge in [-0.1, -0.05) is 30.3 Å².